The van der Waals surface area contributed by atoms with Gasteiger partial charge in [0.25, 0.3) is 0 Å². The van der Waals surface area contributed by atoms with Crippen molar-refractivity contribution in [1.29, 1.82) is 0 Å². The molecule has 0 heterocycles. The molecule has 0 amide bonds. The summed E-state index contributed by atoms with van der Waals surface area (Å²) in [6.07, 6.45) is -0.731. The van der Waals surface area contributed by atoms with Crippen molar-refractivity contribution in [2.45, 2.75) is 26.2 Å². The Labute approximate surface area is 55.6 Å². The zero-order chi connectivity index (χ0) is 7.28. The molecular weight excluding hydrogens is 120 g/mol. The summed E-state index contributed by atoms with van der Waals surface area (Å²) < 4.78 is 9.69. The van der Waals surface area contributed by atoms with Crippen molar-refractivity contribution in [3.63, 3.8) is 0 Å². The van der Waals surface area contributed by atoms with Gasteiger partial charge in [0.15, 0.2) is 6.29 Å². The molecule has 0 aromatic heterocycles. The maximum atomic E-state index is 8.67. The van der Waals surface area contributed by atoms with Gasteiger partial charge in [-0.3, -0.25) is 0 Å². The minimum absolute atomic E-state index is 0.0324. The molecule has 9 heavy (non-hydrogen) atoms. The fourth-order valence-electron chi connectivity index (χ4n) is 0.610. The maximum absolute atomic E-state index is 8.67. The van der Waals surface area contributed by atoms with Crippen LogP contribution in [0.3, 0.4) is 0 Å². The molecule has 0 aromatic carbocycles. The van der Waals surface area contributed by atoms with E-state index in [0.29, 0.717) is 6.61 Å². The fourth-order valence-corrected chi connectivity index (χ4v) is 0.610. The maximum Gasteiger partial charge on any atom is 0.152 e. The lowest BCUT2D eigenvalue weighted by Gasteiger charge is -2.13. The van der Waals surface area contributed by atoms with Crippen LogP contribution in [0.4, 0.5) is 0 Å². The molecule has 0 saturated heterocycles. The van der Waals surface area contributed by atoms with Crippen molar-refractivity contribution >= 4 is 0 Å². The quantitative estimate of drug-likeness (QED) is 0.565. The summed E-state index contributed by atoms with van der Waals surface area (Å²) in [6.45, 7) is 3.94. The lowest BCUT2D eigenvalue weighted by molar-refractivity contribution is -0.132. The van der Waals surface area contributed by atoms with Gasteiger partial charge in [-0.15, -0.1) is 0 Å². The van der Waals surface area contributed by atoms with Crippen molar-refractivity contribution in [3.05, 3.63) is 0 Å². The first-order valence-electron chi connectivity index (χ1n) is 2.99. The molecule has 0 radical (unpaired) electrons. The summed E-state index contributed by atoms with van der Waals surface area (Å²) in [5, 5.41) is 8.67. The largest absolute Gasteiger partial charge is 0.382 e. The van der Waals surface area contributed by atoms with Gasteiger partial charge >= 0.3 is 0 Å². The molecule has 0 bridgehead atoms. The van der Waals surface area contributed by atoms with Crippen LogP contribution in [-0.2, 0) is 9.47 Å². The molecule has 0 aromatic rings. The first kappa shape index (κ1) is 8.88. The third kappa shape index (κ3) is 5.76. The molecule has 0 saturated carbocycles. The van der Waals surface area contributed by atoms with Crippen LogP contribution in [0.2, 0.25) is 0 Å². The Balaban J connectivity index is 3.15. The van der Waals surface area contributed by atoms with Crippen LogP contribution < -0.4 is 0 Å². The molecule has 0 fully saturated rings. The number of methoxy groups -OCH3 is 1. The summed E-state index contributed by atoms with van der Waals surface area (Å²) in [6, 6.07) is 0. The second kappa shape index (κ2) is 4.73. The molecule has 0 aliphatic heterocycles. The van der Waals surface area contributed by atoms with E-state index in [2.05, 4.69) is 0 Å². The third-order valence-electron chi connectivity index (χ3n) is 0.831. The van der Waals surface area contributed by atoms with Crippen molar-refractivity contribution in [2.24, 2.45) is 0 Å². The average molecular weight is 134 g/mol. The zero-order valence-electron chi connectivity index (χ0n) is 6.13. The highest BCUT2D eigenvalue weighted by Crippen LogP contribution is 1.94. The van der Waals surface area contributed by atoms with Crippen LogP contribution in [0.5, 0.6) is 0 Å². The van der Waals surface area contributed by atoms with Gasteiger partial charge < -0.3 is 14.6 Å². The molecule has 0 aliphatic carbocycles. The lowest BCUT2D eigenvalue weighted by Crippen LogP contribution is -2.20. The van der Waals surface area contributed by atoms with Crippen LogP contribution >= 0.6 is 0 Å². The second-order valence-electron chi connectivity index (χ2n) is 2.00. The molecular formula is C6H14O3. The van der Waals surface area contributed by atoms with E-state index in [9.17, 15) is 0 Å². The topological polar surface area (TPSA) is 38.7 Å². The highest BCUT2D eigenvalue weighted by molar-refractivity contribution is 4.45. The molecule has 1 N–H and O–H groups in total. The van der Waals surface area contributed by atoms with Crippen LogP contribution in [0.15, 0.2) is 0 Å². The first-order valence-corrected chi connectivity index (χ1v) is 2.99. The lowest BCUT2D eigenvalue weighted by atomic mass is 10.4. The van der Waals surface area contributed by atoms with E-state index in [4.69, 9.17) is 14.6 Å². The first-order chi connectivity index (χ1) is 4.16. The van der Waals surface area contributed by atoms with Gasteiger partial charge in [0.05, 0.1) is 12.7 Å². The number of rotatable bonds is 4. The number of aliphatic hydroxyl groups is 1. The Bertz CT molecular complexity index is 63.3. The van der Waals surface area contributed by atoms with Gasteiger partial charge in [-0.25, -0.2) is 0 Å². The van der Waals surface area contributed by atoms with Crippen LogP contribution in [0.1, 0.15) is 13.8 Å². The molecule has 0 rings (SSSR count). The van der Waals surface area contributed by atoms with E-state index in [1.165, 1.54) is 0 Å². The molecule has 3 nitrogen and oxygen atoms in total. The zero-order valence-corrected chi connectivity index (χ0v) is 6.13. The van der Waals surface area contributed by atoms with E-state index in [0.717, 1.165) is 0 Å². The highest BCUT2D eigenvalue weighted by Gasteiger charge is 2.03. The summed E-state index contributed by atoms with van der Waals surface area (Å²) >= 11 is 0. The standard InChI is InChI=1S/C6H14O3/c1-5(4-8-3)9-6(2)7/h5-7H,4H2,1-3H3. The molecule has 2 atom stereocenters. The van der Waals surface area contributed by atoms with Crippen LogP contribution in [0.25, 0.3) is 0 Å². The van der Waals surface area contributed by atoms with Crippen molar-refractivity contribution in [3.8, 4) is 0 Å². The SMILES string of the molecule is COCC(C)OC(C)O. The van der Waals surface area contributed by atoms with E-state index >= 15 is 0 Å². The molecule has 3 heteroatoms. The second-order valence-corrected chi connectivity index (χ2v) is 2.00. The minimum Gasteiger partial charge on any atom is -0.382 e. The van der Waals surface area contributed by atoms with Crippen LogP contribution in [0, 0.1) is 0 Å². The van der Waals surface area contributed by atoms with E-state index < -0.39 is 6.29 Å². The molecule has 56 valence electrons. The number of hydrogen-bond acceptors (Lipinski definition) is 3. The summed E-state index contributed by atoms with van der Waals surface area (Å²) in [5.74, 6) is 0. The predicted molar refractivity (Wildman–Crippen MR) is 34.1 cm³/mol. The fraction of sp³-hybridized carbons (Fsp3) is 1.00. The van der Waals surface area contributed by atoms with Crippen molar-refractivity contribution < 1.29 is 14.6 Å². The average Bonchev–Trinajstić information content (AvgIpc) is 1.63. The van der Waals surface area contributed by atoms with E-state index in [1.54, 1.807) is 14.0 Å². The summed E-state index contributed by atoms with van der Waals surface area (Å²) in [4.78, 5) is 0. The number of ether oxygens (including phenoxy) is 2. The molecule has 0 aliphatic rings. The summed E-state index contributed by atoms with van der Waals surface area (Å²) in [5.41, 5.74) is 0. The van der Waals surface area contributed by atoms with Crippen LogP contribution in [-0.4, -0.2) is 31.2 Å². The van der Waals surface area contributed by atoms with Crippen molar-refractivity contribution in [1.82, 2.24) is 0 Å². The van der Waals surface area contributed by atoms with E-state index in [-0.39, 0.29) is 6.10 Å². The predicted octanol–water partition coefficient (Wildman–Crippen LogP) is 0.376. The normalized spacial score (nSPS) is 17.3. The highest BCUT2D eigenvalue weighted by atomic mass is 16.6. The minimum atomic E-state index is -0.699. The van der Waals surface area contributed by atoms with Gasteiger partial charge in [-0.1, -0.05) is 0 Å². The number of hydrogen-bond donors (Lipinski definition) is 1. The van der Waals surface area contributed by atoms with Gasteiger partial charge in [0.1, 0.15) is 0 Å². The smallest absolute Gasteiger partial charge is 0.152 e. The van der Waals surface area contributed by atoms with Gasteiger partial charge in [-0.05, 0) is 13.8 Å². The Morgan fingerprint density at radius 1 is 1.44 bits per heavy atom. The Morgan fingerprint density at radius 2 is 2.00 bits per heavy atom. The Morgan fingerprint density at radius 3 is 2.33 bits per heavy atom. The monoisotopic (exact) mass is 134 g/mol. The Kier molecular flexibility index (Phi) is 4.67. The molecule has 2 unspecified atom stereocenters. The summed E-state index contributed by atoms with van der Waals surface area (Å²) in [7, 11) is 1.60. The third-order valence-corrected chi connectivity index (χ3v) is 0.831. The molecule has 0 spiro atoms. The van der Waals surface area contributed by atoms with Gasteiger partial charge in [0, 0.05) is 7.11 Å². The Hall–Kier alpha value is -0.120. The van der Waals surface area contributed by atoms with Crippen molar-refractivity contribution in [2.75, 3.05) is 13.7 Å². The van der Waals surface area contributed by atoms with E-state index in [1.807, 2.05) is 6.92 Å². The number of aliphatic hydroxyl groups excluding tert-OH is 1. The van der Waals surface area contributed by atoms with Gasteiger partial charge in [0.2, 0.25) is 0 Å². The van der Waals surface area contributed by atoms with Gasteiger partial charge in [-0.2, -0.15) is 0 Å².